The summed E-state index contributed by atoms with van der Waals surface area (Å²) in [6.07, 6.45) is 0. The van der Waals surface area contributed by atoms with Crippen molar-refractivity contribution in [3.05, 3.63) is 71.5 Å². The van der Waals surface area contributed by atoms with Crippen LogP contribution in [0.4, 0.5) is 4.39 Å². The van der Waals surface area contributed by atoms with Crippen molar-refractivity contribution in [2.75, 3.05) is 0 Å². The second-order valence-corrected chi connectivity index (χ2v) is 3.77. The van der Waals surface area contributed by atoms with E-state index in [0.29, 0.717) is 0 Å². The minimum Gasteiger partial charge on any atom is -0.219 e. The molecule has 0 bridgehead atoms. The summed E-state index contributed by atoms with van der Waals surface area (Å²) in [5, 5.41) is 2.37. The van der Waals surface area contributed by atoms with Gasteiger partial charge in [-0.1, -0.05) is 42.5 Å². The van der Waals surface area contributed by atoms with Crippen molar-refractivity contribution in [3.8, 4) is 0 Å². The molecule has 0 fully saturated rings. The molecule has 3 heteroatoms. The summed E-state index contributed by atoms with van der Waals surface area (Å²) in [6, 6.07) is 15.7. The van der Waals surface area contributed by atoms with Crippen LogP contribution in [0.5, 0.6) is 0 Å². The van der Waals surface area contributed by atoms with E-state index >= 15 is 0 Å². The molecule has 0 saturated heterocycles. The highest BCUT2D eigenvalue weighted by atomic mass is 32.1. The summed E-state index contributed by atoms with van der Waals surface area (Å²) in [5.41, 5.74) is 1.74. The fraction of sp³-hybridized carbons (Fsp3) is 0.0714. The second kappa shape index (κ2) is 5.48. The first-order valence-electron chi connectivity index (χ1n) is 5.18. The van der Waals surface area contributed by atoms with Crippen molar-refractivity contribution in [2.45, 2.75) is 6.04 Å². The van der Waals surface area contributed by atoms with Crippen molar-refractivity contribution in [1.82, 2.24) is 0 Å². The third-order valence-electron chi connectivity index (χ3n) is 2.46. The topological polar surface area (TPSA) is 12.4 Å². The van der Waals surface area contributed by atoms with Crippen molar-refractivity contribution < 1.29 is 4.39 Å². The van der Waals surface area contributed by atoms with E-state index in [1.807, 2.05) is 36.4 Å². The molecule has 0 heterocycles. The van der Waals surface area contributed by atoms with Gasteiger partial charge in [-0.3, -0.25) is 0 Å². The zero-order valence-electron chi connectivity index (χ0n) is 9.01. The standard InChI is InChI=1S/C14H10FNS/c15-13-8-4-7-12(9-13)14(16-10-17)11-5-2-1-3-6-11/h1-9,14H. The lowest BCUT2D eigenvalue weighted by molar-refractivity contribution is 0.624. The monoisotopic (exact) mass is 243 g/mol. The number of rotatable bonds is 3. The maximum absolute atomic E-state index is 13.2. The third-order valence-corrected chi connectivity index (χ3v) is 2.57. The smallest absolute Gasteiger partial charge is 0.123 e. The van der Waals surface area contributed by atoms with Gasteiger partial charge in [-0.2, -0.15) is 0 Å². The fourth-order valence-corrected chi connectivity index (χ4v) is 1.81. The lowest BCUT2D eigenvalue weighted by Crippen LogP contribution is -1.98. The summed E-state index contributed by atoms with van der Waals surface area (Å²) in [4.78, 5) is 4.10. The van der Waals surface area contributed by atoms with Crippen molar-refractivity contribution in [1.29, 1.82) is 0 Å². The van der Waals surface area contributed by atoms with Crippen LogP contribution in [0.25, 0.3) is 0 Å². The Hall–Kier alpha value is -1.83. The van der Waals surface area contributed by atoms with Crippen molar-refractivity contribution in [3.63, 3.8) is 0 Å². The largest absolute Gasteiger partial charge is 0.219 e. The number of hydrogen-bond acceptors (Lipinski definition) is 2. The number of hydrogen-bond donors (Lipinski definition) is 0. The number of benzene rings is 2. The Balaban J connectivity index is 2.46. The number of nitrogens with zero attached hydrogens (tertiary/aromatic N) is 1. The molecule has 1 unspecified atom stereocenters. The zero-order chi connectivity index (χ0) is 12.1. The Morgan fingerprint density at radius 3 is 2.35 bits per heavy atom. The predicted octanol–water partition coefficient (Wildman–Crippen LogP) is 4.02. The molecule has 1 atom stereocenters. The SMILES string of the molecule is Fc1cccc(C(N=C=S)c2ccccc2)c1. The van der Waals surface area contributed by atoms with Gasteiger partial charge in [-0.15, -0.1) is 0 Å². The van der Waals surface area contributed by atoms with Gasteiger partial charge in [0.25, 0.3) is 0 Å². The third kappa shape index (κ3) is 2.84. The minimum atomic E-state index is -0.288. The first kappa shape index (κ1) is 11.6. The van der Waals surface area contributed by atoms with E-state index in [1.54, 1.807) is 6.07 Å². The molecule has 1 nitrogen and oxygen atoms in total. The van der Waals surface area contributed by atoms with E-state index in [4.69, 9.17) is 0 Å². The van der Waals surface area contributed by atoms with Crippen LogP contribution in [0, 0.1) is 5.82 Å². The molecule has 2 aromatic carbocycles. The Morgan fingerprint density at radius 2 is 1.71 bits per heavy atom. The van der Waals surface area contributed by atoms with Gasteiger partial charge in [0.15, 0.2) is 0 Å². The maximum atomic E-state index is 13.2. The van der Waals surface area contributed by atoms with Gasteiger partial charge in [-0.25, -0.2) is 9.38 Å². The van der Waals surface area contributed by atoms with E-state index in [9.17, 15) is 4.39 Å². The van der Waals surface area contributed by atoms with Crippen LogP contribution >= 0.6 is 12.2 Å². The number of thiocarbonyl (C=S) groups is 1. The molecular weight excluding hydrogens is 233 g/mol. The predicted molar refractivity (Wildman–Crippen MR) is 69.7 cm³/mol. The Morgan fingerprint density at radius 1 is 1.00 bits per heavy atom. The molecule has 0 N–H and O–H groups in total. The fourth-order valence-electron chi connectivity index (χ4n) is 1.71. The van der Waals surface area contributed by atoms with Gasteiger partial charge in [0.2, 0.25) is 0 Å². The highest BCUT2D eigenvalue weighted by molar-refractivity contribution is 7.78. The quantitative estimate of drug-likeness (QED) is 0.586. The van der Waals surface area contributed by atoms with Gasteiger partial charge in [-0.05, 0) is 35.5 Å². The molecule has 0 spiro atoms. The average Bonchev–Trinajstić information content (AvgIpc) is 2.37. The first-order chi connectivity index (χ1) is 8.31. The summed E-state index contributed by atoms with van der Waals surface area (Å²) in [6.45, 7) is 0. The molecular formula is C14H10FNS. The van der Waals surface area contributed by atoms with Crippen molar-refractivity contribution in [2.24, 2.45) is 4.99 Å². The molecule has 0 aliphatic carbocycles. The van der Waals surface area contributed by atoms with Crippen LogP contribution in [0.15, 0.2) is 59.6 Å². The van der Waals surface area contributed by atoms with Gasteiger partial charge in [0.1, 0.15) is 11.9 Å². The molecule has 0 amide bonds. The summed E-state index contributed by atoms with van der Waals surface area (Å²) in [7, 11) is 0. The van der Waals surface area contributed by atoms with Crippen LogP contribution in [0.3, 0.4) is 0 Å². The van der Waals surface area contributed by atoms with E-state index < -0.39 is 0 Å². The number of aliphatic imine (C=N–C) groups is 1. The Labute approximate surface area is 105 Å². The first-order valence-corrected chi connectivity index (χ1v) is 5.59. The van der Waals surface area contributed by atoms with Crippen LogP contribution in [-0.2, 0) is 0 Å². The molecule has 2 aromatic rings. The van der Waals surface area contributed by atoms with E-state index in [1.165, 1.54) is 12.1 Å². The molecule has 0 radical (unpaired) electrons. The van der Waals surface area contributed by atoms with Gasteiger partial charge < -0.3 is 0 Å². The zero-order valence-corrected chi connectivity index (χ0v) is 9.82. The number of halogens is 1. The van der Waals surface area contributed by atoms with Gasteiger partial charge in [0, 0.05) is 0 Å². The van der Waals surface area contributed by atoms with E-state index in [0.717, 1.165) is 11.1 Å². The van der Waals surface area contributed by atoms with Crippen molar-refractivity contribution >= 4 is 17.4 Å². The Bertz CT molecular complexity index is 547. The van der Waals surface area contributed by atoms with Crippen LogP contribution < -0.4 is 0 Å². The van der Waals surface area contributed by atoms with Crippen LogP contribution in [0.1, 0.15) is 17.2 Å². The number of isothiocyanates is 1. The Kier molecular flexibility index (Phi) is 3.76. The summed E-state index contributed by atoms with van der Waals surface area (Å²) < 4.78 is 13.2. The molecule has 84 valence electrons. The average molecular weight is 243 g/mol. The maximum Gasteiger partial charge on any atom is 0.123 e. The van der Waals surface area contributed by atoms with Gasteiger partial charge >= 0.3 is 0 Å². The van der Waals surface area contributed by atoms with E-state index in [2.05, 4.69) is 22.4 Å². The molecule has 0 aliphatic heterocycles. The summed E-state index contributed by atoms with van der Waals surface area (Å²) >= 11 is 4.65. The lowest BCUT2D eigenvalue weighted by atomic mass is 9.99. The van der Waals surface area contributed by atoms with Gasteiger partial charge in [0.05, 0.1) is 5.16 Å². The molecule has 0 aliphatic rings. The molecule has 0 aromatic heterocycles. The normalized spacial score (nSPS) is 11.6. The highest BCUT2D eigenvalue weighted by Crippen LogP contribution is 2.25. The second-order valence-electron chi connectivity index (χ2n) is 3.59. The van der Waals surface area contributed by atoms with Crippen LogP contribution in [-0.4, -0.2) is 5.16 Å². The molecule has 0 saturated carbocycles. The highest BCUT2D eigenvalue weighted by Gasteiger charge is 2.12. The molecule has 17 heavy (non-hydrogen) atoms. The lowest BCUT2D eigenvalue weighted by Gasteiger charge is -2.11. The van der Waals surface area contributed by atoms with E-state index in [-0.39, 0.29) is 11.9 Å². The minimum absolute atomic E-state index is 0.275. The summed E-state index contributed by atoms with van der Waals surface area (Å²) in [5.74, 6) is -0.275. The molecule has 2 rings (SSSR count). The van der Waals surface area contributed by atoms with Crippen LogP contribution in [0.2, 0.25) is 0 Å².